The first-order chi connectivity index (χ1) is 11.5. The number of carbonyl (C=O) groups is 3. The Kier molecular flexibility index (Phi) is 4.59. The van der Waals surface area contributed by atoms with Gasteiger partial charge in [0.05, 0.1) is 16.9 Å². The number of thioether (sulfide) groups is 1. The van der Waals surface area contributed by atoms with Gasteiger partial charge in [-0.1, -0.05) is 17.7 Å². The fourth-order valence-electron chi connectivity index (χ4n) is 2.34. The molecule has 1 aliphatic rings. The van der Waals surface area contributed by atoms with Crippen molar-refractivity contribution >= 4 is 46.8 Å². The quantitative estimate of drug-likeness (QED) is 0.671. The summed E-state index contributed by atoms with van der Waals surface area (Å²) < 4.78 is 0. The maximum atomic E-state index is 12.1. The molecule has 0 spiro atoms. The first kappa shape index (κ1) is 16.5. The topological polar surface area (TPSA) is 66.5 Å². The zero-order valence-electron chi connectivity index (χ0n) is 12.7. The molecule has 0 aromatic heterocycles. The van der Waals surface area contributed by atoms with Crippen molar-refractivity contribution < 1.29 is 14.4 Å². The number of benzene rings is 2. The Labute approximate surface area is 148 Å². The lowest BCUT2D eigenvalue weighted by atomic mass is 10.1. The Hall–Kier alpha value is -2.31. The van der Waals surface area contributed by atoms with Crippen LogP contribution in [-0.4, -0.2) is 35.4 Å². The minimum atomic E-state index is -0.362. The fraction of sp³-hybridized carbons (Fsp3) is 0.118. The number of hydrogen-bond donors (Lipinski definition) is 1. The second-order valence-electron chi connectivity index (χ2n) is 5.22. The molecule has 122 valence electrons. The summed E-state index contributed by atoms with van der Waals surface area (Å²) in [6, 6.07) is 12.0. The lowest BCUT2D eigenvalue weighted by Gasteiger charge is -2.06. The van der Waals surface area contributed by atoms with Crippen molar-refractivity contribution in [1.82, 2.24) is 4.90 Å². The summed E-state index contributed by atoms with van der Waals surface area (Å²) in [5.74, 6) is -0.682. The highest BCUT2D eigenvalue weighted by molar-refractivity contribution is 8.00. The molecule has 0 unspecified atom stereocenters. The van der Waals surface area contributed by atoms with E-state index in [2.05, 4.69) is 5.32 Å². The van der Waals surface area contributed by atoms with Crippen LogP contribution in [0.15, 0.2) is 47.4 Å². The van der Waals surface area contributed by atoms with Gasteiger partial charge in [0, 0.05) is 22.7 Å². The van der Waals surface area contributed by atoms with Crippen molar-refractivity contribution in [3.63, 3.8) is 0 Å². The normalized spacial score (nSPS) is 13.2. The van der Waals surface area contributed by atoms with Gasteiger partial charge in [0.1, 0.15) is 0 Å². The molecular formula is C17H13ClN2O3S. The van der Waals surface area contributed by atoms with Gasteiger partial charge in [0.2, 0.25) is 5.91 Å². The van der Waals surface area contributed by atoms with E-state index in [4.69, 9.17) is 11.6 Å². The number of halogens is 1. The van der Waals surface area contributed by atoms with E-state index < -0.39 is 0 Å². The number of hydrogen-bond acceptors (Lipinski definition) is 4. The van der Waals surface area contributed by atoms with Crippen LogP contribution in [0.3, 0.4) is 0 Å². The van der Waals surface area contributed by atoms with E-state index in [1.807, 2.05) is 12.1 Å². The van der Waals surface area contributed by atoms with Crippen molar-refractivity contribution in [3.8, 4) is 0 Å². The number of carbonyl (C=O) groups excluding carboxylic acids is 3. The Bertz CT molecular complexity index is 853. The van der Waals surface area contributed by atoms with Crippen LogP contribution in [0, 0.1) is 0 Å². The Morgan fingerprint density at radius 3 is 2.62 bits per heavy atom. The number of imide groups is 1. The van der Waals surface area contributed by atoms with Crippen LogP contribution in [-0.2, 0) is 4.79 Å². The van der Waals surface area contributed by atoms with Crippen LogP contribution in [0.1, 0.15) is 20.7 Å². The molecule has 2 aromatic carbocycles. The highest BCUT2D eigenvalue weighted by Gasteiger charge is 2.32. The summed E-state index contributed by atoms with van der Waals surface area (Å²) in [5, 5.41) is 3.35. The second kappa shape index (κ2) is 6.67. The number of nitrogens with zero attached hydrogens (tertiary/aromatic N) is 1. The predicted octanol–water partition coefficient (Wildman–Crippen LogP) is 3.30. The lowest BCUT2D eigenvalue weighted by molar-refractivity contribution is -0.113. The summed E-state index contributed by atoms with van der Waals surface area (Å²) in [5.41, 5.74) is 1.15. The monoisotopic (exact) mass is 360 g/mol. The summed E-state index contributed by atoms with van der Waals surface area (Å²) in [6.45, 7) is 0. The van der Waals surface area contributed by atoms with Crippen LogP contribution in [0.4, 0.5) is 5.69 Å². The molecule has 0 radical (unpaired) electrons. The van der Waals surface area contributed by atoms with Gasteiger partial charge in [-0.15, -0.1) is 11.8 Å². The first-order valence-corrected chi connectivity index (χ1v) is 8.47. The molecule has 5 nitrogen and oxygen atoms in total. The van der Waals surface area contributed by atoms with Gasteiger partial charge in [0.25, 0.3) is 11.8 Å². The second-order valence-corrected chi connectivity index (χ2v) is 6.71. The Morgan fingerprint density at radius 1 is 1.12 bits per heavy atom. The molecule has 0 saturated heterocycles. The maximum absolute atomic E-state index is 12.1. The van der Waals surface area contributed by atoms with Crippen LogP contribution < -0.4 is 5.32 Å². The molecule has 0 fully saturated rings. The largest absolute Gasteiger partial charge is 0.325 e. The van der Waals surface area contributed by atoms with E-state index in [1.165, 1.54) is 24.9 Å². The third-order valence-electron chi connectivity index (χ3n) is 3.54. The number of rotatable bonds is 4. The fourth-order valence-corrected chi connectivity index (χ4v) is 3.35. The number of nitrogens with one attached hydrogen (secondary N) is 1. The summed E-state index contributed by atoms with van der Waals surface area (Å²) in [4.78, 5) is 37.8. The summed E-state index contributed by atoms with van der Waals surface area (Å²) in [7, 11) is 1.44. The molecule has 0 aliphatic carbocycles. The molecule has 7 heteroatoms. The van der Waals surface area contributed by atoms with E-state index >= 15 is 0 Å². The smallest absolute Gasteiger partial charge is 0.261 e. The molecule has 3 amide bonds. The van der Waals surface area contributed by atoms with Gasteiger partial charge in [-0.2, -0.15) is 0 Å². The number of fused-ring (bicyclic) bond motifs is 1. The van der Waals surface area contributed by atoms with Gasteiger partial charge < -0.3 is 5.32 Å². The standard InChI is InChI=1S/C17H13ClN2O3S/c1-20-16(22)13-6-5-11(8-14(13)17(20)23)19-15(21)9-24-12-4-2-3-10(18)7-12/h2-8H,9H2,1H3,(H,19,21). The molecule has 0 bridgehead atoms. The highest BCUT2D eigenvalue weighted by atomic mass is 35.5. The molecular weight excluding hydrogens is 348 g/mol. The summed E-state index contributed by atoms with van der Waals surface area (Å²) in [6.07, 6.45) is 0. The predicted molar refractivity (Wildman–Crippen MR) is 93.7 cm³/mol. The van der Waals surface area contributed by atoms with E-state index in [9.17, 15) is 14.4 Å². The van der Waals surface area contributed by atoms with Crippen molar-refractivity contribution in [2.45, 2.75) is 4.90 Å². The molecule has 24 heavy (non-hydrogen) atoms. The van der Waals surface area contributed by atoms with Gasteiger partial charge >= 0.3 is 0 Å². The van der Waals surface area contributed by atoms with Crippen LogP contribution >= 0.6 is 23.4 Å². The summed E-state index contributed by atoms with van der Waals surface area (Å²) >= 11 is 7.27. The van der Waals surface area contributed by atoms with Crippen molar-refractivity contribution in [3.05, 3.63) is 58.6 Å². The van der Waals surface area contributed by atoms with Crippen molar-refractivity contribution in [1.29, 1.82) is 0 Å². The van der Waals surface area contributed by atoms with E-state index in [0.717, 1.165) is 9.80 Å². The van der Waals surface area contributed by atoms with Gasteiger partial charge in [-0.25, -0.2) is 0 Å². The average molecular weight is 361 g/mol. The zero-order chi connectivity index (χ0) is 17.3. The Balaban J connectivity index is 1.65. The molecule has 0 atom stereocenters. The van der Waals surface area contributed by atoms with Crippen LogP contribution in [0.25, 0.3) is 0 Å². The molecule has 1 N–H and O–H groups in total. The van der Waals surface area contributed by atoms with Crippen molar-refractivity contribution in [2.24, 2.45) is 0 Å². The highest BCUT2D eigenvalue weighted by Crippen LogP contribution is 2.25. The minimum Gasteiger partial charge on any atom is -0.325 e. The molecule has 2 aromatic rings. The third kappa shape index (κ3) is 3.29. The van der Waals surface area contributed by atoms with Gasteiger partial charge in [-0.05, 0) is 36.4 Å². The molecule has 3 rings (SSSR count). The van der Waals surface area contributed by atoms with Gasteiger partial charge in [0.15, 0.2) is 0 Å². The van der Waals surface area contributed by atoms with Gasteiger partial charge in [-0.3, -0.25) is 19.3 Å². The van der Waals surface area contributed by atoms with Crippen LogP contribution in [0.5, 0.6) is 0 Å². The molecule has 1 heterocycles. The Morgan fingerprint density at radius 2 is 1.88 bits per heavy atom. The SMILES string of the molecule is CN1C(=O)c2ccc(NC(=O)CSc3cccc(Cl)c3)cc2C1=O. The van der Waals surface area contributed by atoms with E-state index in [-0.39, 0.29) is 23.5 Å². The molecule has 0 saturated carbocycles. The molecule has 1 aliphatic heterocycles. The van der Waals surface area contributed by atoms with E-state index in [0.29, 0.717) is 21.8 Å². The third-order valence-corrected chi connectivity index (χ3v) is 4.77. The minimum absolute atomic E-state index is 0.204. The number of anilines is 1. The van der Waals surface area contributed by atoms with Crippen molar-refractivity contribution in [2.75, 3.05) is 18.1 Å². The zero-order valence-corrected chi connectivity index (χ0v) is 14.3. The maximum Gasteiger partial charge on any atom is 0.261 e. The van der Waals surface area contributed by atoms with E-state index in [1.54, 1.807) is 24.3 Å². The lowest BCUT2D eigenvalue weighted by Crippen LogP contribution is -2.24. The van der Waals surface area contributed by atoms with Crippen LogP contribution in [0.2, 0.25) is 5.02 Å². The number of amides is 3. The first-order valence-electron chi connectivity index (χ1n) is 7.10. The average Bonchev–Trinajstić information content (AvgIpc) is 2.77.